The minimum absolute atomic E-state index is 0.0800. The lowest BCUT2D eigenvalue weighted by molar-refractivity contribution is 0.339. The van der Waals surface area contributed by atoms with Crippen molar-refractivity contribution in [2.45, 2.75) is 19.0 Å². The van der Waals surface area contributed by atoms with Crippen LogP contribution >= 0.6 is 23.2 Å². The number of ether oxygens (including phenoxy) is 1. The predicted octanol–water partition coefficient (Wildman–Crippen LogP) is 6.10. The number of aliphatic imine (C=N–C) groups is 1. The number of nitrogens with one attached hydrogen (secondary N) is 1. The molecule has 0 radical (unpaired) electrons. The van der Waals surface area contributed by atoms with Gasteiger partial charge in [0.1, 0.15) is 17.6 Å². The van der Waals surface area contributed by atoms with Crippen LogP contribution in [0.2, 0.25) is 10.0 Å². The molecular formula is C24H19Cl2N3O. The third-order valence-corrected chi connectivity index (χ3v) is 5.49. The molecule has 0 fully saturated rings. The van der Waals surface area contributed by atoms with Crippen LogP contribution in [0.25, 0.3) is 0 Å². The summed E-state index contributed by atoms with van der Waals surface area (Å²) in [6, 6.07) is 22.8. The Bertz CT molecular complexity index is 1120. The van der Waals surface area contributed by atoms with Gasteiger partial charge in [0, 0.05) is 10.0 Å². The van der Waals surface area contributed by atoms with Gasteiger partial charge in [-0.25, -0.2) is 0 Å². The maximum absolute atomic E-state index is 9.24. The Balaban J connectivity index is 1.78. The molecule has 30 heavy (non-hydrogen) atoms. The zero-order valence-corrected chi connectivity index (χ0v) is 17.8. The molecule has 0 amide bonds. The highest BCUT2D eigenvalue weighted by Crippen LogP contribution is 2.39. The maximum atomic E-state index is 9.24. The molecule has 0 bridgehead atoms. The number of nitriles is 1. The minimum Gasteiger partial charge on any atom is -0.493 e. The van der Waals surface area contributed by atoms with Crippen molar-refractivity contribution in [3.05, 3.63) is 99.0 Å². The van der Waals surface area contributed by atoms with Crippen LogP contribution in [0.15, 0.2) is 71.7 Å². The van der Waals surface area contributed by atoms with E-state index in [2.05, 4.69) is 11.4 Å². The Morgan fingerprint density at radius 3 is 2.20 bits per heavy atom. The summed E-state index contributed by atoms with van der Waals surface area (Å²) in [5.41, 5.74) is 3.49. The SMILES string of the molecule is CCOc1cc(C#N)ccc1C1=N[C@@H](c2ccc(Cl)cc2)C(c2ccc(Cl)cc2)N1. The Morgan fingerprint density at radius 2 is 1.60 bits per heavy atom. The number of rotatable bonds is 5. The molecule has 1 unspecified atom stereocenters. The molecule has 150 valence electrons. The monoisotopic (exact) mass is 435 g/mol. The Morgan fingerprint density at radius 1 is 0.967 bits per heavy atom. The van der Waals surface area contributed by atoms with E-state index >= 15 is 0 Å². The lowest BCUT2D eigenvalue weighted by atomic mass is 9.95. The van der Waals surface area contributed by atoms with Crippen LogP contribution in [0.3, 0.4) is 0 Å². The van der Waals surface area contributed by atoms with Crippen molar-refractivity contribution in [2.75, 3.05) is 6.61 Å². The van der Waals surface area contributed by atoms with E-state index in [0.29, 0.717) is 28.0 Å². The van der Waals surface area contributed by atoms with E-state index < -0.39 is 0 Å². The van der Waals surface area contributed by atoms with Gasteiger partial charge in [0.05, 0.1) is 29.8 Å². The molecule has 0 aromatic heterocycles. The van der Waals surface area contributed by atoms with E-state index in [4.69, 9.17) is 32.9 Å². The second-order valence-corrected chi connectivity index (χ2v) is 7.78. The molecule has 0 saturated heterocycles. The zero-order chi connectivity index (χ0) is 21.1. The third-order valence-electron chi connectivity index (χ3n) is 4.98. The Kier molecular flexibility index (Phi) is 5.94. The summed E-state index contributed by atoms with van der Waals surface area (Å²) < 4.78 is 5.80. The molecule has 0 aliphatic carbocycles. The second kappa shape index (κ2) is 8.79. The van der Waals surface area contributed by atoms with Crippen LogP contribution in [0.4, 0.5) is 0 Å². The smallest absolute Gasteiger partial charge is 0.133 e. The quantitative estimate of drug-likeness (QED) is 0.526. The molecule has 1 aliphatic heterocycles. The molecule has 1 N–H and O–H groups in total. The average Bonchev–Trinajstić information content (AvgIpc) is 3.20. The van der Waals surface area contributed by atoms with Crippen LogP contribution in [-0.4, -0.2) is 12.4 Å². The zero-order valence-electron chi connectivity index (χ0n) is 16.3. The lowest BCUT2D eigenvalue weighted by Crippen LogP contribution is -2.25. The highest BCUT2D eigenvalue weighted by atomic mass is 35.5. The molecule has 4 rings (SSSR count). The minimum atomic E-state index is -0.149. The standard InChI is InChI=1S/C24H19Cl2N3O/c1-2-30-21-13-15(14-27)3-12-20(21)24-28-22(16-4-8-18(25)9-5-16)23(29-24)17-6-10-19(26)11-7-17/h3-13,22-23H,2H2,1H3,(H,28,29)/t22-,23?/m0/s1. The molecule has 3 aromatic carbocycles. The van der Waals surface area contributed by atoms with Gasteiger partial charge >= 0.3 is 0 Å². The number of benzene rings is 3. The van der Waals surface area contributed by atoms with Crippen LogP contribution < -0.4 is 10.1 Å². The van der Waals surface area contributed by atoms with E-state index in [1.165, 1.54) is 0 Å². The first-order chi connectivity index (χ1) is 14.6. The van der Waals surface area contributed by atoms with Crippen LogP contribution in [0.5, 0.6) is 5.75 Å². The number of hydrogen-bond donors (Lipinski definition) is 1. The molecule has 0 saturated carbocycles. The molecule has 1 heterocycles. The fraction of sp³-hybridized carbons (Fsp3) is 0.167. The van der Waals surface area contributed by atoms with Gasteiger partial charge in [-0.3, -0.25) is 4.99 Å². The summed E-state index contributed by atoms with van der Waals surface area (Å²) in [5.74, 6) is 1.36. The second-order valence-electron chi connectivity index (χ2n) is 6.90. The summed E-state index contributed by atoms with van der Waals surface area (Å²) >= 11 is 12.2. The number of nitrogens with zero attached hydrogens (tertiary/aromatic N) is 2. The van der Waals surface area contributed by atoms with Crippen LogP contribution in [0.1, 0.15) is 41.3 Å². The van der Waals surface area contributed by atoms with Crippen molar-refractivity contribution < 1.29 is 4.74 Å². The third kappa shape index (κ3) is 4.14. The molecule has 0 spiro atoms. The van der Waals surface area contributed by atoms with Gasteiger partial charge in [0.25, 0.3) is 0 Å². The van der Waals surface area contributed by atoms with Gasteiger partial charge in [0.15, 0.2) is 0 Å². The van der Waals surface area contributed by atoms with Crippen LogP contribution in [0, 0.1) is 11.3 Å². The van der Waals surface area contributed by atoms with E-state index in [9.17, 15) is 5.26 Å². The highest BCUT2D eigenvalue weighted by molar-refractivity contribution is 6.30. The van der Waals surface area contributed by atoms with Crippen molar-refractivity contribution >= 4 is 29.0 Å². The molecule has 2 atom stereocenters. The van der Waals surface area contributed by atoms with Crippen molar-refractivity contribution in [1.82, 2.24) is 5.32 Å². The van der Waals surface area contributed by atoms with Crippen molar-refractivity contribution in [3.63, 3.8) is 0 Å². The number of halogens is 2. The van der Waals surface area contributed by atoms with Crippen molar-refractivity contribution in [3.8, 4) is 11.8 Å². The summed E-state index contributed by atoms with van der Waals surface area (Å²) in [4.78, 5) is 5.00. The molecule has 3 aromatic rings. The summed E-state index contributed by atoms with van der Waals surface area (Å²) in [7, 11) is 0. The maximum Gasteiger partial charge on any atom is 0.133 e. The summed E-state index contributed by atoms with van der Waals surface area (Å²) in [5, 5.41) is 14.2. The first-order valence-electron chi connectivity index (χ1n) is 9.61. The first-order valence-corrected chi connectivity index (χ1v) is 10.4. The largest absolute Gasteiger partial charge is 0.493 e. The van der Waals surface area contributed by atoms with Gasteiger partial charge in [-0.1, -0.05) is 47.5 Å². The first kappa shape index (κ1) is 20.3. The van der Waals surface area contributed by atoms with Gasteiger partial charge in [-0.05, 0) is 60.5 Å². The predicted molar refractivity (Wildman–Crippen MR) is 120 cm³/mol. The van der Waals surface area contributed by atoms with E-state index in [-0.39, 0.29) is 12.1 Å². The van der Waals surface area contributed by atoms with Crippen LogP contribution in [-0.2, 0) is 0 Å². The fourth-order valence-corrected chi connectivity index (χ4v) is 3.80. The van der Waals surface area contributed by atoms with Crippen molar-refractivity contribution in [1.29, 1.82) is 5.26 Å². The average molecular weight is 436 g/mol. The molecule has 6 heteroatoms. The summed E-state index contributed by atoms with van der Waals surface area (Å²) in [6.07, 6.45) is 0. The van der Waals surface area contributed by atoms with E-state index in [0.717, 1.165) is 22.5 Å². The number of amidine groups is 1. The topological polar surface area (TPSA) is 57.4 Å². The highest BCUT2D eigenvalue weighted by Gasteiger charge is 2.32. The summed E-state index contributed by atoms with van der Waals surface area (Å²) in [6.45, 7) is 2.41. The van der Waals surface area contributed by atoms with Gasteiger partial charge < -0.3 is 10.1 Å². The van der Waals surface area contributed by atoms with Gasteiger partial charge in [-0.2, -0.15) is 5.26 Å². The number of hydrogen-bond acceptors (Lipinski definition) is 4. The molecular weight excluding hydrogens is 417 g/mol. The van der Waals surface area contributed by atoms with Gasteiger partial charge in [-0.15, -0.1) is 0 Å². The molecule has 4 nitrogen and oxygen atoms in total. The Hall–Kier alpha value is -3.00. The lowest BCUT2D eigenvalue weighted by Gasteiger charge is -2.20. The molecule has 1 aliphatic rings. The Labute approximate surface area is 185 Å². The van der Waals surface area contributed by atoms with Crippen molar-refractivity contribution in [2.24, 2.45) is 4.99 Å². The van der Waals surface area contributed by atoms with Gasteiger partial charge in [0.2, 0.25) is 0 Å². The van der Waals surface area contributed by atoms with E-state index in [1.54, 1.807) is 12.1 Å². The normalized spacial score (nSPS) is 17.7. The fourth-order valence-electron chi connectivity index (χ4n) is 3.55. The van der Waals surface area contributed by atoms with E-state index in [1.807, 2.05) is 61.5 Å².